The van der Waals surface area contributed by atoms with Gasteiger partial charge in [0.05, 0.1) is 10.9 Å². The molecular weight excluding hydrogens is 751 g/mol. The lowest BCUT2D eigenvalue weighted by Gasteiger charge is -2.42. The second-order valence-electron chi connectivity index (χ2n) is 20.9. The van der Waals surface area contributed by atoms with Crippen LogP contribution in [0.15, 0.2) is 144 Å². The van der Waals surface area contributed by atoms with Crippen LogP contribution < -0.4 is 15.8 Å². The predicted molar refractivity (Wildman–Crippen MR) is 263 cm³/mol. The highest BCUT2D eigenvalue weighted by Gasteiger charge is 2.45. The van der Waals surface area contributed by atoms with Gasteiger partial charge in [0.15, 0.2) is 0 Å². The Labute approximate surface area is 366 Å². The molecule has 0 bridgehead atoms. The van der Waals surface area contributed by atoms with E-state index in [4.69, 9.17) is 4.42 Å². The van der Waals surface area contributed by atoms with E-state index in [2.05, 4.69) is 204 Å². The molecule has 0 radical (unpaired) electrons. The SMILES string of the molecule is CC(C)(C)c1ccc(CN2c3cc(C(C)(C)C)cc4c3B(Cn3c5oc6ccccc6c5c5cccc(c53)C4)c3c2ccc2c3-c3ccccc3C2(C)C)c(-c2ccccc2)c1. The quantitative estimate of drug-likeness (QED) is 0.166. The van der Waals surface area contributed by atoms with Gasteiger partial charge in [-0.3, -0.25) is 0 Å². The van der Waals surface area contributed by atoms with Gasteiger partial charge in [-0.05, 0) is 108 Å². The Morgan fingerprint density at radius 1 is 0.613 bits per heavy atom. The monoisotopic (exact) mass is 804 g/mol. The molecule has 9 aromatic rings. The summed E-state index contributed by atoms with van der Waals surface area (Å²) in [5.74, 6) is 0. The summed E-state index contributed by atoms with van der Waals surface area (Å²) in [6, 6.07) is 53.1. The zero-order valence-corrected chi connectivity index (χ0v) is 37.3. The molecule has 3 nitrogen and oxygen atoms in total. The fourth-order valence-corrected chi connectivity index (χ4v) is 11.6. The molecule has 12 rings (SSSR count). The van der Waals surface area contributed by atoms with Crippen molar-refractivity contribution in [2.45, 2.75) is 91.0 Å². The van der Waals surface area contributed by atoms with Gasteiger partial charge >= 0.3 is 0 Å². The van der Waals surface area contributed by atoms with Crippen molar-refractivity contribution in [3.8, 4) is 22.3 Å². The Morgan fingerprint density at radius 3 is 2.16 bits per heavy atom. The zero-order chi connectivity index (χ0) is 42.4. The number of aromatic nitrogens is 1. The van der Waals surface area contributed by atoms with Crippen LogP contribution in [0.4, 0.5) is 11.4 Å². The molecule has 62 heavy (non-hydrogen) atoms. The molecule has 7 aromatic carbocycles. The third-order valence-corrected chi connectivity index (χ3v) is 14.8. The molecule has 0 saturated carbocycles. The van der Waals surface area contributed by atoms with Crippen LogP contribution in [0.5, 0.6) is 0 Å². The Kier molecular flexibility index (Phi) is 7.80. The van der Waals surface area contributed by atoms with E-state index in [1.165, 1.54) is 105 Å². The molecule has 0 fully saturated rings. The van der Waals surface area contributed by atoms with E-state index in [1.807, 2.05) is 0 Å². The van der Waals surface area contributed by atoms with Crippen molar-refractivity contribution in [2.24, 2.45) is 0 Å². The van der Waals surface area contributed by atoms with Crippen molar-refractivity contribution >= 4 is 62.0 Å². The van der Waals surface area contributed by atoms with Crippen LogP contribution in [-0.2, 0) is 35.7 Å². The Balaban J connectivity index is 1.18. The standard InChI is InChI=1S/C58H53BN2O/c1-56(2,3)39-26-25-37(44(31-39)35-17-10-9-11-18-35)33-60-47-28-27-46-51(41-20-12-14-23-45(41)58(46,7)8)53(47)59-34-61-54-36(29-38-30-40(57(4,5)6)32-48(60)52(38)59)19-16-22-43(54)50-42-21-13-15-24-49(42)62-55(50)61/h9-28,30-32H,29,33-34H2,1-8H3. The highest BCUT2D eigenvalue weighted by molar-refractivity contribution is 6.89. The van der Waals surface area contributed by atoms with E-state index in [1.54, 1.807) is 0 Å². The third kappa shape index (κ3) is 5.31. The molecule has 3 aliphatic rings. The van der Waals surface area contributed by atoms with Gasteiger partial charge in [0.1, 0.15) is 5.58 Å². The van der Waals surface area contributed by atoms with Gasteiger partial charge < -0.3 is 13.9 Å². The third-order valence-electron chi connectivity index (χ3n) is 14.8. The maximum atomic E-state index is 6.95. The molecule has 0 unspecified atom stereocenters. The van der Waals surface area contributed by atoms with Crippen LogP contribution in [-0.4, -0.2) is 11.3 Å². The van der Waals surface area contributed by atoms with Gasteiger partial charge in [-0.2, -0.15) is 0 Å². The topological polar surface area (TPSA) is 21.3 Å². The molecule has 0 amide bonds. The van der Waals surface area contributed by atoms with Crippen molar-refractivity contribution in [2.75, 3.05) is 4.90 Å². The van der Waals surface area contributed by atoms with Crippen LogP contribution in [0, 0.1) is 0 Å². The summed E-state index contributed by atoms with van der Waals surface area (Å²) in [5, 5.41) is 3.70. The maximum absolute atomic E-state index is 6.95. The molecule has 2 aromatic heterocycles. The van der Waals surface area contributed by atoms with E-state index in [9.17, 15) is 0 Å². The maximum Gasteiger partial charge on any atom is 0.236 e. The summed E-state index contributed by atoms with van der Waals surface area (Å²) < 4.78 is 9.52. The van der Waals surface area contributed by atoms with Crippen LogP contribution in [0.1, 0.15) is 94.3 Å². The van der Waals surface area contributed by atoms with Crippen molar-refractivity contribution in [1.29, 1.82) is 0 Å². The molecule has 2 aliphatic heterocycles. The number of rotatable bonds is 3. The Morgan fingerprint density at radius 2 is 1.35 bits per heavy atom. The summed E-state index contributed by atoms with van der Waals surface area (Å²) >= 11 is 0. The second-order valence-corrected chi connectivity index (χ2v) is 20.9. The number of hydrogen-bond donors (Lipinski definition) is 0. The van der Waals surface area contributed by atoms with Crippen molar-refractivity contribution in [3.63, 3.8) is 0 Å². The Bertz CT molecular complexity index is 3330. The molecule has 1 aliphatic carbocycles. The second kappa shape index (κ2) is 12.9. The van der Waals surface area contributed by atoms with E-state index in [0.717, 1.165) is 30.7 Å². The zero-order valence-electron chi connectivity index (χ0n) is 37.3. The average molecular weight is 805 g/mol. The number of para-hydroxylation sites is 2. The average Bonchev–Trinajstić information content (AvgIpc) is 3.86. The van der Waals surface area contributed by atoms with Crippen LogP contribution in [0.2, 0.25) is 0 Å². The van der Waals surface area contributed by atoms with E-state index < -0.39 is 0 Å². The highest BCUT2D eigenvalue weighted by Crippen LogP contribution is 2.51. The van der Waals surface area contributed by atoms with Crippen molar-refractivity contribution in [1.82, 2.24) is 4.57 Å². The summed E-state index contributed by atoms with van der Waals surface area (Å²) in [6.07, 6.45) is 1.63. The van der Waals surface area contributed by atoms with E-state index >= 15 is 0 Å². The summed E-state index contributed by atoms with van der Waals surface area (Å²) in [6.45, 7) is 19.8. The minimum Gasteiger partial charge on any atom is -0.440 e. The van der Waals surface area contributed by atoms with Gasteiger partial charge in [0.2, 0.25) is 12.4 Å². The number of furan rings is 1. The Hall–Kier alpha value is -6.26. The molecule has 4 heterocycles. The number of benzene rings is 7. The van der Waals surface area contributed by atoms with Gasteiger partial charge in [-0.15, -0.1) is 0 Å². The first-order valence-corrected chi connectivity index (χ1v) is 22.6. The minimum absolute atomic E-state index is 0.0239. The smallest absolute Gasteiger partial charge is 0.236 e. The van der Waals surface area contributed by atoms with Gasteiger partial charge in [-0.25, -0.2) is 0 Å². The summed E-state index contributed by atoms with van der Waals surface area (Å²) in [7, 11) is 0. The number of hydrogen-bond acceptors (Lipinski definition) is 2. The minimum atomic E-state index is -0.130. The molecule has 0 N–H and O–H groups in total. The summed E-state index contributed by atoms with van der Waals surface area (Å²) in [5.41, 5.74) is 23.6. The highest BCUT2D eigenvalue weighted by atomic mass is 16.3. The first-order valence-electron chi connectivity index (χ1n) is 22.6. The molecule has 0 atom stereocenters. The van der Waals surface area contributed by atoms with Crippen molar-refractivity contribution in [3.05, 3.63) is 178 Å². The van der Waals surface area contributed by atoms with Gasteiger partial charge in [0.25, 0.3) is 0 Å². The first kappa shape index (κ1) is 37.5. The van der Waals surface area contributed by atoms with Crippen LogP contribution in [0.25, 0.3) is 55.2 Å². The fraction of sp³-hybridized carbons (Fsp3) is 0.241. The summed E-state index contributed by atoms with van der Waals surface area (Å²) in [4.78, 5) is 2.71. The van der Waals surface area contributed by atoms with E-state index in [0.29, 0.717) is 0 Å². The first-order chi connectivity index (χ1) is 29.8. The lowest BCUT2D eigenvalue weighted by molar-refractivity contribution is 0.589. The molecular formula is C58H53BN2O. The number of nitrogens with zero attached hydrogens (tertiary/aromatic N) is 2. The normalized spacial score (nSPS) is 15.1. The molecule has 4 heteroatoms. The lowest BCUT2D eigenvalue weighted by Crippen LogP contribution is -2.56. The molecule has 304 valence electrons. The van der Waals surface area contributed by atoms with Gasteiger partial charge in [0, 0.05) is 40.6 Å². The lowest BCUT2D eigenvalue weighted by atomic mass is 9.36. The molecule has 0 saturated heterocycles. The number of fused-ring (bicyclic) bond motifs is 11. The van der Waals surface area contributed by atoms with Gasteiger partial charge in [-0.1, -0.05) is 177 Å². The fourth-order valence-electron chi connectivity index (χ4n) is 11.6. The predicted octanol–water partition coefficient (Wildman–Crippen LogP) is 13.5. The van der Waals surface area contributed by atoms with E-state index in [-0.39, 0.29) is 23.0 Å². The molecule has 0 spiro atoms. The van der Waals surface area contributed by atoms with Crippen molar-refractivity contribution < 1.29 is 4.42 Å². The number of anilines is 2. The van der Waals surface area contributed by atoms with Crippen LogP contribution >= 0.6 is 0 Å². The largest absolute Gasteiger partial charge is 0.440 e. The van der Waals surface area contributed by atoms with Crippen LogP contribution in [0.3, 0.4) is 0 Å².